The molecule has 0 fully saturated rings. The monoisotopic (exact) mass is 445 g/mol. The predicted octanol–water partition coefficient (Wildman–Crippen LogP) is 9.03. The molecule has 0 saturated heterocycles. The van der Waals surface area contributed by atoms with E-state index in [1.807, 2.05) is 16.8 Å². The van der Waals surface area contributed by atoms with Gasteiger partial charge in [-0.2, -0.15) is 0 Å². The first-order valence-corrected chi connectivity index (χ1v) is 12.3. The Morgan fingerprint density at radius 3 is 1.75 bits per heavy atom. The van der Waals surface area contributed by atoms with Crippen molar-refractivity contribution in [1.82, 2.24) is 4.98 Å². The molecule has 0 bridgehead atoms. The maximum Gasteiger partial charge on any atom is 0.0996 e. The number of fused-ring (bicyclic) bond motifs is 1. The van der Waals surface area contributed by atoms with Crippen molar-refractivity contribution >= 4 is 33.4 Å². The van der Waals surface area contributed by atoms with Crippen LogP contribution in [0.4, 0.5) is 0 Å². The van der Waals surface area contributed by atoms with Gasteiger partial charge >= 0.3 is 0 Å². The number of benzene rings is 4. The van der Waals surface area contributed by atoms with E-state index < -0.39 is 0 Å². The van der Waals surface area contributed by atoms with Crippen LogP contribution in [0, 0.1) is 0 Å². The molecule has 0 aliphatic rings. The second kappa shape index (κ2) is 8.19. The minimum atomic E-state index is 1.07. The van der Waals surface area contributed by atoms with Gasteiger partial charge in [-0.1, -0.05) is 109 Å². The second-order valence-corrected chi connectivity index (χ2v) is 9.49. The summed E-state index contributed by atoms with van der Waals surface area (Å²) in [6, 6.07) is 38.6. The van der Waals surface area contributed by atoms with E-state index in [1.54, 1.807) is 11.3 Å². The molecule has 0 atom stereocenters. The van der Waals surface area contributed by atoms with Crippen LogP contribution in [0.25, 0.3) is 53.4 Å². The third kappa shape index (κ3) is 3.27. The zero-order valence-electron chi connectivity index (χ0n) is 17.2. The van der Waals surface area contributed by atoms with Crippen molar-refractivity contribution in [2.24, 2.45) is 0 Å². The summed E-state index contributed by atoms with van der Waals surface area (Å²) in [5, 5.41) is 2.54. The van der Waals surface area contributed by atoms with Gasteiger partial charge in [0.15, 0.2) is 0 Å². The largest absolute Gasteiger partial charge is 0.243 e. The van der Waals surface area contributed by atoms with Gasteiger partial charge < -0.3 is 0 Å². The molecular weight excluding hydrogens is 426 g/mol. The first-order valence-electron chi connectivity index (χ1n) is 10.6. The quantitative estimate of drug-likeness (QED) is 0.264. The number of rotatable bonds is 4. The first kappa shape index (κ1) is 19.2. The fraction of sp³-hybridized carbons (Fsp3) is 0. The van der Waals surface area contributed by atoms with E-state index >= 15 is 0 Å². The lowest BCUT2D eigenvalue weighted by atomic mass is 9.97. The smallest absolute Gasteiger partial charge is 0.0996 e. The summed E-state index contributed by atoms with van der Waals surface area (Å²) in [6.07, 6.45) is 0. The Bertz CT molecular complexity index is 1510. The molecule has 0 aliphatic heterocycles. The van der Waals surface area contributed by atoms with Crippen molar-refractivity contribution in [2.75, 3.05) is 0 Å². The summed E-state index contributed by atoms with van der Waals surface area (Å²) in [6.45, 7) is 0. The molecule has 6 aromatic rings. The van der Waals surface area contributed by atoms with E-state index in [-0.39, 0.29) is 0 Å². The molecule has 0 saturated carbocycles. The molecule has 0 spiro atoms. The Hall–Kier alpha value is -3.53. The van der Waals surface area contributed by atoms with Crippen LogP contribution >= 0.6 is 22.7 Å². The van der Waals surface area contributed by atoms with Crippen LogP contribution in [-0.4, -0.2) is 4.98 Å². The SMILES string of the molecule is c1ccc(-c2ccccc2-c2sc(-c3ncsc3-c3ccccc3)c3ccccc23)cc1. The van der Waals surface area contributed by atoms with Gasteiger partial charge in [-0.05, 0) is 16.7 Å². The van der Waals surface area contributed by atoms with Gasteiger partial charge in [0.25, 0.3) is 0 Å². The highest BCUT2D eigenvalue weighted by Gasteiger charge is 2.20. The Morgan fingerprint density at radius 2 is 1.03 bits per heavy atom. The van der Waals surface area contributed by atoms with Crippen molar-refractivity contribution in [3.8, 4) is 42.6 Å². The number of hydrogen-bond acceptors (Lipinski definition) is 3. The van der Waals surface area contributed by atoms with Crippen molar-refractivity contribution in [3.63, 3.8) is 0 Å². The average Bonchev–Trinajstić information content (AvgIpc) is 3.50. The minimum absolute atomic E-state index is 1.07. The molecule has 0 amide bonds. The Balaban J connectivity index is 1.60. The number of aromatic nitrogens is 1. The molecule has 2 heterocycles. The third-order valence-corrected chi connectivity index (χ3v) is 7.83. The van der Waals surface area contributed by atoms with Crippen molar-refractivity contribution in [3.05, 3.63) is 115 Å². The summed E-state index contributed by atoms with van der Waals surface area (Å²) in [5.74, 6) is 0. The molecule has 0 aliphatic carbocycles. The molecule has 6 rings (SSSR count). The summed E-state index contributed by atoms with van der Waals surface area (Å²) in [4.78, 5) is 8.58. The number of thiazole rings is 1. The Kier molecular flexibility index (Phi) is 4.91. The molecule has 3 heteroatoms. The number of thiophene rings is 1. The van der Waals surface area contributed by atoms with Crippen molar-refractivity contribution in [1.29, 1.82) is 0 Å². The fourth-order valence-electron chi connectivity index (χ4n) is 4.22. The summed E-state index contributed by atoms with van der Waals surface area (Å²) >= 11 is 3.55. The lowest BCUT2D eigenvalue weighted by molar-refractivity contribution is 1.43. The van der Waals surface area contributed by atoms with Crippen molar-refractivity contribution < 1.29 is 0 Å². The van der Waals surface area contributed by atoms with Crippen LogP contribution < -0.4 is 0 Å². The lowest BCUT2D eigenvalue weighted by Gasteiger charge is -2.09. The highest BCUT2D eigenvalue weighted by Crippen LogP contribution is 2.48. The molecule has 0 unspecified atom stereocenters. The highest BCUT2D eigenvalue weighted by atomic mass is 32.1. The predicted molar refractivity (Wildman–Crippen MR) is 139 cm³/mol. The summed E-state index contributed by atoms with van der Waals surface area (Å²) < 4.78 is 0. The topological polar surface area (TPSA) is 12.9 Å². The Labute approximate surface area is 195 Å². The average molecular weight is 446 g/mol. The molecule has 32 heavy (non-hydrogen) atoms. The van der Waals surface area contributed by atoms with Gasteiger partial charge in [-0.3, -0.25) is 0 Å². The van der Waals surface area contributed by atoms with Crippen molar-refractivity contribution in [2.45, 2.75) is 0 Å². The standard InChI is InChI=1S/C29H19NS2/c1-3-11-20(12-4-1)22-15-7-8-16-23(22)28-24-17-9-10-18-25(24)29(32-28)26-27(31-19-30-26)21-13-5-2-6-14-21/h1-19H. The van der Waals surface area contributed by atoms with Crippen LogP contribution in [0.3, 0.4) is 0 Å². The molecule has 2 aromatic heterocycles. The van der Waals surface area contributed by atoms with Gasteiger partial charge in [0, 0.05) is 21.2 Å². The zero-order valence-corrected chi connectivity index (χ0v) is 18.9. The zero-order chi connectivity index (χ0) is 21.3. The fourth-order valence-corrected chi connectivity index (χ4v) is 6.41. The minimum Gasteiger partial charge on any atom is -0.243 e. The molecule has 1 nitrogen and oxygen atoms in total. The molecular formula is C29H19NS2. The lowest BCUT2D eigenvalue weighted by Crippen LogP contribution is -1.82. The van der Waals surface area contributed by atoms with Crippen LogP contribution in [-0.2, 0) is 0 Å². The number of hydrogen-bond donors (Lipinski definition) is 0. The maximum atomic E-state index is 4.83. The second-order valence-electron chi connectivity index (χ2n) is 7.61. The van der Waals surface area contributed by atoms with E-state index in [1.165, 1.54) is 47.7 Å². The van der Waals surface area contributed by atoms with Gasteiger partial charge in [0.1, 0.15) is 0 Å². The maximum absolute atomic E-state index is 4.83. The summed E-state index contributed by atoms with van der Waals surface area (Å²) in [7, 11) is 0. The third-order valence-electron chi connectivity index (χ3n) is 5.70. The van der Waals surface area contributed by atoms with E-state index in [0.29, 0.717) is 0 Å². The van der Waals surface area contributed by atoms with Crippen LogP contribution in [0.5, 0.6) is 0 Å². The molecule has 152 valence electrons. The van der Waals surface area contributed by atoms with Gasteiger partial charge in [-0.25, -0.2) is 4.98 Å². The van der Waals surface area contributed by atoms with Gasteiger partial charge in [-0.15, -0.1) is 22.7 Å². The molecule has 0 radical (unpaired) electrons. The van der Waals surface area contributed by atoms with E-state index in [9.17, 15) is 0 Å². The summed E-state index contributed by atoms with van der Waals surface area (Å²) in [5.41, 5.74) is 8.01. The Morgan fingerprint density at radius 1 is 0.469 bits per heavy atom. The van der Waals surface area contributed by atoms with Crippen LogP contribution in [0.15, 0.2) is 115 Å². The van der Waals surface area contributed by atoms with Crippen LogP contribution in [0.2, 0.25) is 0 Å². The van der Waals surface area contributed by atoms with Crippen LogP contribution in [0.1, 0.15) is 0 Å². The van der Waals surface area contributed by atoms with E-state index in [2.05, 4.69) is 109 Å². The first-order chi connectivity index (χ1) is 15.9. The van der Waals surface area contributed by atoms with Gasteiger partial charge in [0.05, 0.1) is 21.0 Å². The molecule has 0 N–H and O–H groups in total. The number of nitrogens with zero attached hydrogens (tertiary/aromatic N) is 1. The highest BCUT2D eigenvalue weighted by molar-refractivity contribution is 7.21. The van der Waals surface area contributed by atoms with E-state index in [0.717, 1.165) is 5.69 Å². The van der Waals surface area contributed by atoms with Gasteiger partial charge in [0.2, 0.25) is 0 Å². The van der Waals surface area contributed by atoms with E-state index in [4.69, 9.17) is 4.98 Å². The molecule has 4 aromatic carbocycles. The normalized spacial score (nSPS) is 11.1.